The number of carbonyl (C=O) groups is 2. The van der Waals surface area contributed by atoms with Crippen LogP contribution >= 0.6 is 23.2 Å². The molecule has 0 aliphatic carbocycles. The number of nitrogens with zero attached hydrogens (tertiary/aromatic N) is 1. The Morgan fingerprint density at radius 3 is 2.39 bits per heavy atom. The Balaban J connectivity index is 1.68. The van der Waals surface area contributed by atoms with Crippen molar-refractivity contribution in [2.24, 2.45) is 0 Å². The van der Waals surface area contributed by atoms with E-state index in [1.54, 1.807) is 36.4 Å². The first kappa shape index (κ1) is 19.9. The van der Waals surface area contributed by atoms with Gasteiger partial charge >= 0.3 is 0 Å². The smallest absolute Gasteiger partial charge is 0.289 e. The molecule has 0 saturated heterocycles. The second-order valence-corrected chi connectivity index (χ2v) is 6.76. The Bertz CT molecular complexity index is 1020. The van der Waals surface area contributed by atoms with Gasteiger partial charge in [0.2, 0.25) is 5.91 Å². The summed E-state index contributed by atoms with van der Waals surface area (Å²) >= 11 is 12.0. The number of anilines is 1. The molecular weight excluding hydrogens is 406 g/mol. The molecule has 28 heavy (non-hydrogen) atoms. The van der Waals surface area contributed by atoms with Crippen molar-refractivity contribution in [2.75, 3.05) is 18.9 Å². The van der Waals surface area contributed by atoms with Crippen LogP contribution in [0, 0.1) is 5.82 Å². The van der Waals surface area contributed by atoms with Gasteiger partial charge in [-0.2, -0.15) is 0 Å². The molecule has 3 aromatic rings. The van der Waals surface area contributed by atoms with Gasteiger partial charge in [-0.25, -0.2) is 4.39 Å². The minimum atomic E-state index is -0.525. The molecule has 0 spiro atoms. The number of hydrogen-bond donors (Lipinski definition) is 1. The van der Waals surface area contributed by atoms with Crippen LogP contribution in [0.3, 0.4) is 0 Å². The number of likely N-dealkylation sites (N-methyl/N-ethyl adjacent to an activating group) is 1. The lowest BCUT2D eigenvalue weighted by Gasteiger charge is -2.16. The first-order valence-corrected chi connectivity index (χ1v) is 8.96. The first-order chi connectivity index (χ1) is 13.4. The fourth-order valence-electron chi connectivity index (χ4n) is 2.53. The molecule has 2 amide bonds. The summed E-state index contributed by atoms with van der Waals surface area (Å²) in [5, 5.41) is 3.15. The van der Waals surface area contributed by atoms with E-state index in [1.165, 1.54) is 30.1 Å². The summed E-state index contributed by atoms with van der Waals surface area (Å²) in [5.74, 6) is -1.25. The van der Waals surface area contributed by atoms with Gasteiger partial charge in [-0.05, 0) is 36.4 Å². The van der Waals surface area contributed by atoms with Crippen molar-refractivity contribution < 1.29 is 18.4 Å². The zero-order valence-electron chi connectivity index (χ0n) is 14.7. The third-order valence-corrected chi connectivity index (χ3v) is 4.54. The monoisotopic (exact) mass is 420 g/mol. The largest absolute Gasteiger partial charge is 0.451 e. The van der Waals surface area contributed by atoms with Gasteiger partial charge in [0.25, 0.3) is 5.91 Å². The van der Waals surface area contributed by atoms with Crippen LogP contribution in [0.15, 0.2) is 59.0 Å². The minimum Gasteiger partial charge on any atom is -0.451 e. The fourth-order valence-corrected chi connectivity index (χ4v) is 3.02. The summed E-state index contributed by atoms with van der Waals surface area (Å²) in [4.78, 5) is 25.9. The molecule has 1 N–H and O–H groups in total. The van der Waals surface area contributed by atoms with Gasteiger partial charge in [0.15, 0.2) is 5.76 Å². The van der Waals surface area contributed by atoms with Gasteiger partial charge in [0, 0.05) is 7.05 Å². The van der Waals surface area contributed by atoms with Crippen LogP contribution in [-0.4, -0.2) is 30.3 Å². The molecule has 0 radical (unpaired) electrons. The predicted molar refractivity (Wildman–Crippen MR) is 106 cm³/mol. The van der Waals surface area contributed by atoms with Crippen molar-refractivity contribution in [2.45, 2.75) is 0 Å². The van der Waals surface area contributed by atoms with Gasteiger partial charge in [-0.15, -0.1) is 0 Å². The molecule has 0 aliphatic heterocycles. The fraction of sp³-hybridized carbons (Fsp3) is 0.100. The van der Waals surface area contributed by atoms with E-state index in [4.69, 9.17) is 27.6 Å². The summed E-state index contributed by atoms with van der Waals surface area (Å²) in [6, 6.07) is 13.8. The Kier molecular flexibility index (Phi) is 6.02. The molecule has 3 rings (SSSR count). The third kappa shape index (κ3) is 4.35. The first-order valence-electron chi connectivity index (χ1n) is 8.21. The van der Waals surface area contributed by atoms with Crippen molar-refractivity contribution in [1.82, 2.24) is 4.90 Å². The standard InChI is InChI=1S/C20H15Cl2FN2O3/c1-25(11-18(26)24-19-13(21)6-4-7-14(19)22)20(27)17-10-9-16(28-17)12-5-2-3-8-15(12)23/h2-10H,11H2,1H3,(H,24,26). The molecule has 0 atom stereocenters. The summed E-state index contributed by atoms with van der Waals surface area (Å²) < 4.78 is 19.3. The maximum absolute atomic E-state index is 13.9. The summed E-state index contributed by atoms with van der Waals surface area (Å²) in [6.07, 6.45) is 0. The minimum absolute atomic E-state index is 0.00988. The molecule has 0 unspecified atom stereocenters. The van der Waals surface area contributed by atoms with Crippen LogP contribution in [0.5, 0.6) is 0 Å². The molecule has 0 bridgehead atoms. The van der Waals surface area contributed by atoms with Gasteiger partial charge in [-0.1, -0.05) is 41.4 Å². The highest BCUT2D eigenvalue weighted by Gasteiger charge is 2.20. The predicted octanol–water partition coefficient (Wildman–Crippen LogP) is 5.10. The quantitative estimate of drug-likeness (QED) is 0.623. The molecular formula is C20H15Cl2FN2O3. The molecule has 0 aliphatic rings. The molecule has 8 heteroatoms. The van der Waals surface area contributed by atoms with Gasteiger partial charge in [0.05, 0.1) is 27.8 Å². The molecule has 1 aromatic heterocycles. The molecule has 0 fully saturated rings. The highest BCUT2D eigenvalue weighted by molar-refractivity contribution is 6.39. The van der Waals surface area contributed by atoms with Crippen LogP contribution in [0.2, 0.25) is 10.0 Å². The van der Waals surface area contributed by atoms with E-state index in [0.717, 1.165) is 0 Å². The van der Waals surface area contributed by atoms with E-state index in [1.807, 2.05) is 0 Å². The van der Waals surface area contributed by atoms with E-state index in [0.29, 0.717) is 0 Å². The van der Waals surface area contributed by atoms with Crippen molar-refractivity contribution in [3.63, 3.8) is 0 Å². The van der Waals surface area contributed by atoms with Crippen molar-refractivity contribution >= 4 is 40.7 Å². The second kappa shape index (κ2) is 8.46. The molecule has 2 aromatic carbocycles. The van der Waals surface area contributed by atoms with Gasteiger partial charge in [0.1, 0.15) is 11.6 Å². The van der Waals surface area contributed by atoms with Crippen molar-refractivity contribution in [1.29, 1.82) is 0 Å². The van der Waals surface area contributed by atoms with Crippen LogP contribution < -0.4 is 5.32 Å². The Labute approximate surface area is 170 Å². The average Bonchev–Trinajstić information content (AvgIpc) is 3.14. The zero-order chi connectivity index (χ0) is 20.3. The third-order valence-electron chi connectivity index (χ3n) is 3.91. The lowest BCUT2D eigenvalue weighted by Crippen LogP contribution is -2.34. The summed E-state index contributed by atoms with van der Waals surface area (Å²) in [6.45, 7) is -0.254. The van der Waals surface area contributed by atoms with E-state index in [-0.39, 0.29) is 39.4 Å². The Morgan fingerprint density at radius 2 is 1.71 bits per heavy atom. The average molecular weight is 421 g/mol. The number of carbonyl (C=O) groups excluding carboxylic acids is 2. The summed E-state index contributed by atoms with van der Waals surface area (Å²) in [7, 11) is 1.45. The highest BCUT2D eigenvalue weighted by Crippen LogP contribution is 2.30. The number of amides is 2. The van der Waals surface area contributed by atoms with Crippen molar-refractivity contribution in [3.8, 4) is 11.3 Å². The molecule has 0 saturated carbocycles. The maximum Gasteiger partial charge on any atom is 0.289 e. The van der Waals surface area contributed by atoms with Crippen LogP contribution in [0.25, 0.3) is 11.3 Å². The SMILES string of the molecule is CN(CC(=O)Nc1c(Cl)cccc1Cl)C(=O)c1ccc(-c2ccccc2F)o1. The topological polar surface area (TPSA) is 62.6 Å². The number of hydrogen-bond acceptors (Lipinski definition) is 3. The van der Waals surface area contributed by atoms with Crippen LogP contribution in [0.1, 0.15) is 10.6 Å². The second-order valence-electron chi connectivity index (χ2n) is 5.95. The number of nitrogens with one attached hydrogen (secondary N) is 1. The maximum atomic E-state index is 13.9. The van der Waals surface area contributed by atoms with E-state index >= 15 is 0 Å². The van der Waals surface area contributed by atoms with Gasteiger partial charge < -0.3 is 14.6 Å². The van der Waals surface area contributed by atoms with E-state index in [2.05, 4.69) is 5.32 Å². The Morgan fingerprint density at radius 1 is 1.04 bits per heavy atom. The van der Waals surface area contributed by atoms with Crippen LogP contribution in [-0.2, 0) is 4.79 Å². The number of halogens is 3. The Hall–Kier alpha value is -2.83. The molecule has 1 heterocycles. The highest BCUT2D eigenvalue weighted by atomic mass is 35.5. The molecule has 144 valence electrons. The normalized spacial score (nSPS) is 10.6. The lowest BCUT2D eigenvalue weighted by molar-refractivity contribution is -0.116. The number of rotatable bonds is 5. The number of furan rings is 1. The lowest BCUT2D eigenvalue weighted by atomic mass is 10.1. The van der Waals surface area contributed by atoms with E-state index < -0.39 is 17.6 Å². The molecule has 5 nitrogen and oxygen atoms in total. The van der Waals surface area contributed by atoms with Crippen molar-refractivity contribution in [3.05, 3.63) is 76.2 Å². The van der Waals surface area contributed by atoms with Gasteiger partial charge in [-0.3, -0.25) is 9.59 Å². The number of para-hydroxylation sites is 1. The van der Waals surface area contributed by atoms with Crippen LogP contribution in [0.4, 0.5) is 10.1 Å². The zero-order valence-corrected chi connectivity index (χ0v) is 16.2. The van der Waals surface area contributed by atoms with E-state index in [9.17, 15) is 14.0 Å². The summed E-state index contributed by atoms with van der Waals surface area (Å²) in [5.41, 5.74) is 0.520. The number of benzene rings is 2.